The lowest BCUT2D eigenvalue weighted by molar-refractivity contribution is -0.216. The molecule has 0 aromatic heterocycles. The topological polar surface area (TPSA) is 44.7 Å². The van der Waals surface area contributed by atoms with Crippen LogP contribution in [0.4, 0.5) is 0 Å². The van der Waals surface area contributed by atoms with Gasteiger partial charge in [0, 0.05) is 36.0 Å². The van der Waals surface area contributed by atoms with Gasteiger partial charge in [-0.15, -0.1) is 0 Å². The van der Waals surface area contributed by atoms with Gasteiger partial charge in [-0.05, 0) is 48.9 Å². The van der Waals surface area contributed by atoms with Crippen molar-refractivity contribution in [2.75, 3.05) is 26.7 Å². The second-order valence-electron chi connectivity index (χ2n) is 8.33. The molecule has 0 bridgehead atoms. The van der Waals surface area contributed by atoms with E-state index in [1.165, 1.54) is 11.1 Å². The van der Waals surface area contributed by atoms with Gasteiger partial charge in [0.1, 0.15) is 18.1 Å². The number of nitrogens with one attached hydrogen (secondary N) is 1. The normalized spacial score (nSPS) is 34.2. The number of ether oxygens (including phenoxy) is 1. The maximum Gasteiger partial charge on any atom is 0.119 e. The molecule has 1 saturated heterocycles. The molecule has 26 heavy (non-hydrogen) atoms. The molecule has 2 aromatic rings. The zero-order chi connectivity index (χ0) is 17.9. The number of likely N-dealkylation sites (N-methyl/N-ethyl adjacent to an activating group) is 1. The largest absolute Gasteiger partial charge is 0.508 e. The first-order valence-electron chi connectivity index (χ1n) is 9.50. The maximum atomic E-state index is 10.0. The average molecular weight is 350 g/mol. The van der Waals surface area contributed by atoms with Crippen molar-refractivity contribution in [1.29, 1.82) is 0 Å². The van der Waals surface area contributed by atoms with Crippen LogP contribution < -0.4 is 10.1 Å². The van der Waals surface area contributed by atoms with Gasteiger partial charge in [-0.1, -0.05) is 31.2 Å². The lowest BCUT2D eigenvalue weighted by Crippen LogP contribution is -2.89. The van der Waals surface area contributed by atoms with Crippen molar-refractivity contribution in [3.05, 3.63) is 59.7 Å². The van der Waals surface area contributed by atoms with Crippen molar-refractivity contribution in [2.45, 2.75) is 30.8 Å². The summed E-state index contributed by atoms with van der Waals surface area (Å²) in [6.07, 6.45) is 1.13. The van der Waals surface area contributed by atoms with Crippen LogP contribution in [0.5, 0.6) is 11.5 Å². The van der Waals surface area contributed by atoms with Gasteiger partial charge in [-0.25, -0.2) is 0 Å². The molecule has 2 fully saturated rings. The SMILES string of the molecule is CN1CC23Cc4ccc(O)cc4C2(C)C(NCCOc2ccccc2)C13. The van der Waals surface area contributed by atoms with Crippen LogP contribution in [0.1, 0.15) is 18.1 Å². The first-order chi connectivity index (χ1) is 12.6. The van der Waals surface area contributed by atoms with Gasteiger partial charge in [-0.2, -0.15) is 0 Å². The fraction of sp³-hybridized carbons (Fsp3) is 0.455. The van der Waals surface area contributed by atoms with Gasteiger partial charge in [0.25, 0.3) is 0 Å². The molecule has 2 aliphatic carbocycles. The minimum Gasteiger partial charge on any atom is -0.508 e. The highest BCUT2D eigenvalue weighted by Gasteiger charge is 2.78. The van der Waals surface area contributed by atoms with Crippen LogP contribution in [0.3, 0.4) is 0 Å². The Morgan fingerprint density at radius 3 is 2.81 bits per heavy atom. The number of phenolic OH excluding ortho intramolecular Hbond substituents is 1. The number of nitrogens with zero attached hydrogens (tertiary/aromatic N) is 1. The second-order valence-corrected chi connectivity index (χ2v) is 8.33. The van der Waals surface area contributed by atoms with Crippen LogP contribution in [0.15, 0.2) is 48.5 Å². The summed E-state index contributed by atoms with van der Waals surface area (Å²) in [7, 11) is 2.23. The molecule has 2 aromatic carbocycles. The lowest BCUT2D eigenvalue weighted by atomic mass is 9.40. The Bertz CT molecular complexity index is 839. The number of likely N-dealkylation sites (tertiary alicyclic amines) is 1. The molecule has 3 aliphatic rings. The fourth-order valence-electron chi connectivity index (χ4n) is 6.06. The summed E-state index contributed by atoms with van der Waals surface area (Å²) in [5, 5.41) is 13.8. The van der Waals surface area contributed by atoms with E-state index in [4.69, 9.17) is 4.74 Å². The van der Waals surface area contributed by atoms with E-state index in [9.17, 15) is 5.11 Å². The van der Waals surface area contributed by atoms with Crippen LogP contribution in [0.2, 0.25) is 0 Å². The van der Waals surface area contributed by atoms with Crippen LogP contribution >= 0.6 is 0 Å². The van der Waals surface area contributed by atoms with Crippen molar-refractivity contribution in [1.82, 2.24) is 10.2 Å². The average Bonchev–Trinajstić information content (AvgIpc) is 2.86. The molecular weight excluding hydrogens is 324 g/mol. The molecule has 5 rings (SSSR count). The van der Waals surface area contributed by atoms with Gasteiger partial charge >= 0.3 is 0 Å². The van der Waals surface area contributed by atoms with Crippen molar-refractivity contribution in [3.63, 3.8) is 0 Å². The number of hydrogen-bond acceptors (Lipinski definition) is 4. The number of piperidine rings is 1. The van der Waals surface area contributed by atoms with E-state index in [1.807, 2.05) is 42.5 Å². The Morgan fingerprint density at radius 2 is 2.04 bits per heavy atom. The Labute approximate surface area is 154 Å². The Morgan fingerprint density at radius 1 is 1.23 bits per heavy atom. The Balaban J connectivity index is 1.32. The van der Waals surface area contributed by atoms with Crippen LogP contribution in [0.25, 0.3) is 0 Å². The number of fused-ring (bicyclic) bond motifs is 2. The summed E-state index contributed by atoms with van der Waals surface area (Å²) in [6, 6.07) is 16.9. The number of aromatic hydroxyl groups is 1. The predicted octanol–water partition coefficient (Wildman–Crippen LogP) is 2.56. The molecule has 4 unspecified atom stereocenters. The van der Waals surface area contributed by atoms with Crippen molar-refractivity contribution < 1.29 is 9.84 Å². The van der Waals surface area contributed by atoms with Gasteiger partial charge in [0.05, 0.1) is 0 Å². The molecular formula is C22H26N2O2. The summed E-state index contributed by atoms with van der Waals surface area (Å²) in [6.45, 7) is 5.01. The third kappa shape index (κ3) is 1.92. The number of rotatable bonds is 5. The summed E-state index contributed by atoms with van der Waals surface area (Å²) >= 11 is 0. The number of para-hydroxylation sites is 1. The van der Waals surface area contributed by atoms with Crippen molar-refractivity contribution >= 4 is 0 Å². The Hall–Kier alpha value is -2.04. The second kappa shape index (κ2) is 5.48. The third-order valence-electron chi connectivity index (χ3n) is 7.18. The van der Waals surface area contributed by atoms with Gasteiger partial charge < -0.3 is 20.1 Å². The highest BCUT2D eigenvalue weighted by Crippen LogP contribution is 2.70. The maximum absolute atomic E-state index is 10.0. The summed E-state index contributed by atoms with van der Waals surface area (Å²) < 4.78 is 5.85. The van der Waals surface area contributed by atoms with E-state index in [2.05, 4.69) is 30.3 Å². The summed E-state index contributed by atoms with van der Waals surface area (Å²) in [5.41, 5.74) is 3.16. The molecule has 4 nitrogen and oxygen atoms in total. The van der Waals surface area contributed by atoms with E-state index in [0.29, 0.717) is 29.9 Å². The molecule has 1 saturated carbocycles. The molecule has 4 heteroatoms. The molecule has 1 spiro atoms. The molecule has 1 heterocycles. The van der Waals surface area contributed by atoms with E-state index in [1.54, 1.807) is 0 Å². The standard InChI is InChI=1S/C22H26N2O2/c1-21-18-12-16(25)9-8-15(18)13-22(21)14-24(2)20(22)19(21)23-10-11-26-17-6-4-3-5-7-17/h3-9,12,19-20,23,25H,10-11,13-14H2,1-2H3. The smallest absolute Gasteiger partial charge is 0.119 e. The van der Waals surface area contributed by atoms with E-state index in [0.717, 1.165) is 25.3 Å². The quantitative estimate of drug-likeness (QED) is 0.814. The van der Waals surface area contributed by atoms with E-state index >= 15 is 0 Å². The number of phenols is 1. The number of benzene rings is 2. The van der Waals surface area contributed by atoms with Crippen LogP contribution in [0, 0.1) is 5.41 Å². The monoisotopic (exact) mass is 350 g/mol. The molecule has 0 amide bonds. The molecule has 1 aliphatic heterocycles. The molecule has 2 N–H and O–H groups in total. The third-order valence-corrected chi connectivity index (χ3v) is 7.18. The molecule has 0 radical (unpaired) electrons. The van der Waals surface area contributed by atoms with Gasteiger partial charge in [0.2, 0.25) is 0 Å². The summed E-state index contributed by atoms with van der Waals surface area (Å²) in [4.78, 5) is 2.48. The molecule has 4 atom stereocenters. The van der Waals surface area contributed by atoms with Crippen molar-refractivity contribution in [3.8, 4) is 11.5 Å². The predicted molar refractivity (Wildman–Crippen MR) is 102 cm³/mol. The highest BCUT2D eigenvalue weighted by molar-refractivity contribution is 5.56. The minimum atomic E-state index is 0.0883. The zero-order valence-corrected chi connectivity index (χ0v) is 15.4. The van der Waals surface area contributed by atoms with Crippen LogP contribution in [-0.2, 0) is 11.8 Å². The minimum absolute atomic E-state index is 0.0883. The first kappa shape index (κ1) is 16.2. The van der Waals surface area contributed by atoms with E-state index in [-0.39, 0.29) is 5.41 Å². The van der Waals surface area contributed by atoms with Crippen molar-refractivity contribution in [2.24, 2.45) is 5.41 Å². The fourth-order valence-corrected chi connectivity index (χ4v) is 6.06. The van der Waals surface area contributed by atoms with Crippen LogP contribution in [-0.4, -0.2) is 48.8 Å². The van der Waals surface area contributed by atoms with E-state index < -0.39 is 0 Å². The van der Waals surface area contributed by atoms with Gasteiger partial charge in [-0.3, -0.25) is 0 Å². The highest BCUT2D eigenvalue weighted by atomic mass is 16.5. The van der Waals surface area contributed by atoms with Gasteiger partial charge in [0.15, 0.2) is 0 Å². The molecule has 136 valence electrons. The summed E-state index contributed by atoms with van der Waals surface area (Å²) in [5.74, 6) is 1.30. The lowest BCUT2D eigenvalue weighted by Gasteiger charge is -2.76. The first-order valence-corrected chi connectivity index (χ1v) is 9.50. The zero-order valence-electron chi connectivity index (χ0n) is 15.4. The Kier molecular flexibility index (Phi) is 3.40. The number of hydrogen-bond donors (Lipinski definition) is 2.